The van der Waals surface area contributed by atoms with E-state index in [-0.39, 0.29) is 16.6 Å². The number of nitrogens with zero attached hydrogens (tertiary/aromatic N) is 5. The number of hydrogen-bond acceptors (Lipinski definition) is 8. The summed E-state index contributed by atoms with van der Waals surface area (Å²) in [7, 11) is -4.06. The lowest BCUT2D eigenvalue weighted by molar-refractivity contribution is 0.0893. The Morgan fingerprint density at radius 1 is 0.917 bits per heavy atom. The monoisotopic (exact) mass is 663 g/mol. The van der Waals surface area contributed by atoms with Crippen LogP contribution < -0.4 is 9.64 Å². The van der Waals surface area contributed by atoms with E-state index >= 15 is 0 Å². The second kappa shape index (κ2) is 13.0. The maximum absolute atomic E-state index is 14.3. The van der Waals surface area contributed by atoms with Crippen LogP contribution in [0.2, 0.25) is 0 Å². The van der Waals surface area contributed by atoms with Crippen molar-refractivity contribution in [1.29, 1.82) is 5.26 Å². The van der Waals surface area contributed by atoms with Crippen molar-refractivity contribution < 1.29 is 27.8 Å². The average Bonchev–Trinajstić information content (AvgIpc) is 3.54. The first-order valence-electron chi connectivity index (χ1n) is 15.8. The summed E-state index contributed by atoms with van der Waals surface area (Å²) >= 11 is 0. The summed E-state index contributed by atoms with van der Waals surface area (Å²) in [5.41, 5.74) is 4.23. The molecule has 244 valence electrons. The van der Waals surface area contributed by atoms with Crippen LogP contribution in [0.1, 0.15) is 18.4 Å². The largest absolute Gasteiger partial charge is 0.489 e. The summed E-state index contributed by atoms with van der Waals surface area (Å²) in [4.78, 5) is 19.6. The number of benzene rings is 3. The number of carbonyl (C=O) groups is 1. The van der Waals surface area contributed by atoms with E-state index in [4.69, 9.17) is 9.47 Å². The molecule has 2 aliphatic heterocycles. The zero-order valence-electron chi connectivity index (χ0n) is 26.0. The molecule has 0 spiro atoms. The van der Waals surface area contributed by atoms with E-state index in [1.165, 1.54) is 8.87 Å². The molecule has 0 saturated carbocycles. The number of rotatable bonds is 7. The highest BCUT2D eigenvalue weighted by Crippen LogP contribution is 2.38. The molecule has 1 N–H and O–H groups in total. The molecule has 48 heavy (non-hydrogen) atoms. The summed E-state index contributed by atoms with van der Waals surface area (Å²) < 4.78 is 41.5. The first-order chi connectivity index (χ1) is 23.3. The SMILES string of the molecule is N#Cc1cc(-c2ccnc3c2cc(-c2ccc(N4CCOCC4)cc2)n3S(=O)(=O)c2ccccc2)ccc1OC1CCN(C(=O)O)CC1. The van der Waals surface area contributed by atoms with Gasteiger partial charge >= 0.3 is 6.09 Å². The van der Waals surface area contributed by atoms with Gasteiger partial charge in [-0.3, -0.25) is 0 Å². The average molecular weight is 664 g/mol. The number of fused-ring (bicyclic) bond motifs is 1. The van der Waals surface area contributed by atoms with E-state index in [1.54, 1.807) is 48.7 Å². The maximum atomic E-state index is 14.3. The van der Waals surface area contributed by atoms with Gasteiger partial charge in [0.15, 0.2) is 5.65 Å². The Morgan fingerprint density at radius 2 is 1.62 bits per heavy atom. The number of likely N-dealkylation sites (tertiary alicyclic amines) is 1. The van der Waals surface area contributed by atoms with Crippen LogP contribution in [0.5, 0.6) is 5.75 Å². The second-order valence-corrected chi connectivity index (χ2v) is 13.6. The fraction of sp³-hybridized carbons (Fsp3) is 0.250. The molecule has 1 amide bonds. The molecule has 2 fully saturated rings. The van der Waals surface area contributed by atoms with Crippen molar-refractivity contribution in [3.8, 4) is 34.2 Å². The number of nitriles is 1. The topological polar surface area (TPSA) is 138 Å². The van der Waals surface area contributed by atoms with Gasteiger partial charge in [0.05, 0.1) is 29.4 Å². The fourth-order valence-electron chi connectivity index (χ4n) is 6.37. The zero-order chi connectivity index (χ0) is 33.3. The Kier molecular flexibility index (Phi) is 8.47. The van der Waals surface area contributed by atoms with Gasteiger partial charge in [-0.05, 0) is 65.2 Å². The number of hydrogen-bond donors (Lipinski definition) is 1. The number of morpholine rings is 1. The lowest BCUT2D eigenvalue weighted by Gasteiger charge is -2.30. The third-order valence-corrected chi connectivity index (χ3v) is 10.6. The molecule has 7 rings (SSSR count). The number of pyridine rings is 1. The van der Waals surface area contributed by atoms with Gasteiger partial charge < -0.3 is 24.4 Å². The number of aromatic nitrogens is 2. The summed E-state index contributed by atoms with van der Waals surface area (Å²) in [6.45, 7) is 3.63. The predicted octanol–water partition coefficient (Wildman–Crippen LogP) is 5.84. The van der Waals surface area contributed by atoms with Crippen molar-refractivity contribution in [2.75, 3.05) is 44.3 Å². The van der Waals surface area contributed by atoms with Crippen molar-refractivity contribution in [3.05, 3.63) is 96.7 Å². The van der Waals surface area contributed by atoms with Crippen molar-refractivity contribution in [1.82, 2.24) is 13.9 Å². The minimum absolute atomic E-state index is 0.142. The van der Waals surface area contributed by atoms with E-state index in [0.29, 0.717) is 78.2 Å². The van der Waals surface area contributed by atoms with Crippen molar-refractivity contribution >= 4 is 32.8 Å². The minimum Gasteiger partial charge on any atom is -0.489 e. The molecule has 12 heteroatoms. The molecule has 0 unspecified atom stereocenters. The molecule has 2 aliphatic rings. The van der Waals surface area contributed by atoms with Gasteiger partial charge in [-0.15, -0.1) is 0 Å². The standard InChI is InChI=1S/C36H33N5O6S/c37-24-27-22-26(8-11-34(27)47-29-13-16-40(17-14-29)36(42)43)31-12-15-38-35-32(31)23-33(41(35)48(44,45)30-4-2-1-3-5-30)25-6-9-28(10-7-25)39-18-20-46-21-19-39/h1-12,15,22-23,29H,13-14,16-21H2,(H,42,43). The zero-order valence-corrected chi connectivity index (χ0v) is 26.8. The van der Waals surface area contributed by atoms with E-state index < -0.39 is 16.1 Å². The number of amides is 1. The highest BCUT2D eigenvalue weighted by molar-refractivity contribution is 7.90. The van der Waals surface area contributed by atoms with E-state index in [0.717, 1.165) is 18.8 Å². The van der Waals surface area contributed by atoms with Crippen molar-refractivity contribution in [2.45, 2.75) is 23.8 Å². The quantitative estimate of drug-likeness (QED) is 0.228. The Labute approximate surface area is 278 Å². The first-order valence-corrected chi connectivity index (χ1v) is 17.2. The molecule has 3 aromatic carbocycles. The lowest BCUT2D eigenvalue weighted by atomic mass is 10.0. The first kappa shape index (κ1) is 31.2. The van der Waals surface area contributed by atoms with Crippen LogP contribution in [0.4, 0.5) is 10.5 Å². The number of piperidine rings is 1. The Balaban J connectivity index is 1.30. The smallest absolute Gasteiger partial charge is 0.407 e. The Hall–Kier alpha value is -5.38. The molecule has 0 aliphatic carbocycles. The fourth-order valence-corrected chi connectivity index (χ4v) is 7.87. The molecule has 11 nitrogen and oxygen atoms in total. The Bertz CT molecular complexity index is 2110. The van der Waals surface area contributed by atoms with Crippen LogP contribution in [0.25, 0.3) is 33.4 Å². The Morgan fingerprint density at radius 3 is 2.31 bits per heavy atom. The summed E-state index contributed by atoms with van der Waals surface area (Å²) in [6.07, 6.45) is 1.48. The molecule has 2 aromatic heterocycles. The van der Waals surface area contributed by atoms with Gasteiger partial charge in [-0.1, -0.05) is 36.4 Å². The molecule has 0 atom stereocenters. The highest BCUT2D eigenvalue weighted by Gasteiger charge is 2.27. The van der Waals surface area contributed by atoms with Crippen molar-refractivity contribution in [2.24, 2.45) is 0 Å². The normalized spacial score (nSPS) is 15.7. The molecule has 0 bridgehead atoms. The highest BCUT2D eigenvalue weighted by atomic mass is 32.2. The minimum atomic E-state index is -4.06. The molecule has 5 aromatic rings. The molecule has 2 saturated heterocycles. The van der Waals surface area contributed by atoms with Crippen LogP contribution in [-0.2, 0) is 14.8 Å². The van der Waals surface area contributed by atoms with Crippen LogP contribution >= 0.6 is 0 Å². The van der Waals surface area contributed by atoms with Crippen LogP contribution in [-0.4, -0.2) is 79.0 Å². The molecule has 4 heterocycles. The third kappa shape index (κ3) is 5.94. The predicted molar refractivity (Wildman–Crippen MR) is 181 cm³/mol. The van der Waals surface area contributed by atoms with Crippen LogP contribution in [0, 0.1) is 11.3 Å². The lowest BCUT2D eigenvalue weighted by Crippen LogP contribution is -2.41. The van der Waals surface area contributed by atoms with E-state index in [9.17, 15) is 23.6 Å². The van der Waals surface area contributed by atoms with E-state index in [1.807, 2.05) is 42.5 Å². The number of ether oxygens (including phenoxy) is 2. The van der Waals surface area contributed by atoms with Gasteiger partial charge in [0.2, 0.25) is 0 Å². The molecule has 0 radical (unpaired) electrons. The third-order valence-electron chi connectivity index (χ3n) is 8.90. The maximum Gasteiger partial charge on any atom is 0.407 e. The van der Waals surface area contributed by atoms with Crippen LogP contribution in [0.15, 0.2) is 96.0 Å². The van der Waals surface area contributed by atoms with Gasteiger partial charge in [-0.2, -0.15) is 5.26 Å². The number of anilines is 1. The second-order valence-electron chi connectivity index (χ2n) is 11.8. The van der Waals surface area contributed by atoms with Gasteiger partial charge in [-0.25, -0.2) is 22.2 Å². The van der Waals surface area contributed by atoms with Gasteiger partial charge in [0, 0.05) is 56.3 Å². The molecular weight excluding hydrogens is 630 g/mol. The van der Waals surface area contributed by atoms with Gasteiger partial charge in [0.1, 0.15) is 17.9 Å². The van der Waals surface area contributed by atoms with Gasteiger partial charge in [0.25, 0.3) is 10.0 Å². The molecular formula is C36H33N5O6S. The number of carboxylic acid groups (broad SMARTS) is 1. The summed E-state index contributed by atoms with van der Waals surface area (Å²) in [5.74, 6) is 0.422. The van der Waals surface area contributed by atoms with E-state index in [2.05, 4.69) is 16.0 Å². The summed E-state index contributed by atoms with van der Waals surface area (Å²) in [6, 6.07) is 27.3. The summed E-state index contributed by atoms with van der Waals surface area (Å²) in [5, 5.41) is 19.9. The van der Waals surface area contributed by atoms with Crippen LogP contribution in [0.3, 0.4) is 0 Å². The van der Waals surface area contributed by atoms with Crippen molar-refractivity contribution in [3.63, 3.8) is 0 Å².